The fourth-order valence-corrected chi connectivity index (χ4v) is 12.0. The van der Waals surface area contributed by atoms with Crippen molar-refractivity contribution in [2.75, 3.05) is 5.32 Å². The average Bonchev–Trinajstić information content (AvgIpc) is 3.89. The molecule has 0 fully saturated rings. The molecule has 1 aromatic heterocycles. The molecular weight excluding hydrogens is 791 g/mol. The number of nitrogens with one attached hydrogen (secondary N) is 1. The van der Waals surface area contributed by atoms with E-state index in [0.717, 1.165) is 11.4 Å². The predicted octanol–water partition coefficient (Wildman–Crippen LogP) is 16.2. The molecule has 64 heavy (non-hydrogen) atoms. The highest BCUT2D eigenvalue weighted by Crippen LogP contribution is 2.64. The number of rotatable bonds is 5. The maximum Gasteiger partial charge on any atom is 0.0720 e. The van der Waals surface area contributed by atoms with Crippen LogP contribution < -0.4 is 5.32 Å². The van der Waals surface area contributed by atoms with Crippen molar-refractivity contribution in [2.24, 2.45) is 0 Å². The Morgan fingerprint density at radius 2 is 0.688 bits per heavy atom. The van der Waals surface area contributed by atoms with Gasteiger partial charge in [0.1, 0.15) is 0 Å². The van der Waals surface area contributed by atoms with E-state index in [1.807, 2.05) is 11.3 Å². The average molecular weight is 834 g/mol. The minimum Gasteiger partial charge on any atom is -0.356 e. The Balaban J connectivity index is 0.000000283. The standard InChI is InChI=1S/C50H35N.C12H8S/c1-4-16-35(17-5-1)36-28-30-39(31-29-36)51-40-32-33-42-41-22-10-11-23-43(41)50(48(42)34-40)46-26-14-12-24-44(46)49(37-18-6-2-7-19-37,38-20-8-3-9-21-38)45-25-13-15-27-47(45)50;1-3-7-11-9(5-1)10-6-2-4-8-12(10)13-11/h1-34,51H;1-8H. The molecule has 2 heteroatoms. The van der Waals surface area contributed by atoms with Crippen LogP contribution >= 0.6 is 11.3 Å². The molecule has 0 atom stereocenters. The minimum atomic E-state index is -0.513. The first-order chi connectivity index (χ1) is 31.7. The first-order valence-electron chi connectivity index (χ1n) is 22.1. The van der Waals surface area contributed by atoms with Crippen LogP contribution in [0, 0.1) is 0 Å². The summed E-state index contributed by atoms with van der Waals surface area (Å²) in [6, 6.07) is 93.1. The largest absolute Gasteiger partial charge is 0.356 e. The summed E-state index contributed by atoms with van der Waals surface area (Å²) in [5.74, 6) is 0. The van der Waals surface area contributed by atoms with E-state index < -0.39 is 10.8 Å². The summed E-state index contributed by atoms with van der Waals surface area (Å²) in [6.45, 7) is 0. The molecule has 1 spiro atoms. The molecule has 1 N–H and O–H groups in total. The third-order valence-electron chi connectivity index (χ3n) is 13.5. The second-order valence-corrected chi connectivity index (χ2v) is 17.9. The number of thiophene rings is 1. The number of anilines is 2. The van der Waals surface area contributed by atoms with E-state index in [9.17, 15) is 0 Å². The molecule has 1 nitrogen and oxygen atoms in total. The molecule has 0 amide bonds. The van der Waals surface area contributed by atoms with Gasteiger partial charge in [0.15, 0.2) is 0 Å². The SMILES string of the molecule is c1ccc(-c2ccc(Nc3ccc4c(c3)C3(c5ccccc5-4)c4ccccc4C(c4ccccc4)(c4ccccc4)c4ccccc43)cc2)cc1.c1ccc2c(c1)sc1ccccc12. The molecule has 11 aromatic rings. The van der Waals surface area contributed by atoms with Crippen LogP contribution in [0.2, 0.25) is 0 Å². The van der Waals surface area contributed by atoms with Crippen molar-refractivity contribution in [1.29, 1.82) is 0 Å². The summed E-state index contributed by atoms with van der Waals surface area (Å²) in [6.07, 6.45) is 0. The Morgan fingerprint density at radius 1 is 0.281 bits per heavy atom. The number of fused-ring (bicyclic) bond motifs is 12. The molecule has 0 saturated carbocycles. The van der Waals surface area contributed by atoms with Crippen LogP contribution in [0.15, 0.2) is 255 Å². The molecule has 0 aliphatic heterocycles. The lowest BCUT2D eigenvalue weighted by molar-refractivity contribution is 0.624. The molecule has 0 radical (unpaired) electrons. The molecule has 0 bridgehead atoms. The summed E-state index contributed by atoms with van der Waals surface area (Å²) in [5, 5.41) is 6.53. The lowest BCUT2D eigenvalue weighted by Gasteiger charge is -2.50. The van der Waals surface area contributed by atoms with Crippen LogP contribution in [0.25, 0.3) is 42.4 Å². The molecule has 2 aliphatic carbocycles. The molecule has 0 unspecified atom stereocenters. The van der Waals surface area contributed by atoms with E-state index in [2.05, 4.69) is 260 Å². The van der Waals surface area contributed by atoms with Gasteiger partial charge < -0.3 is 5.32 Å². The summed E-state index contributed by atoms with van der Waals surface area (Å²) in [7, 11) is 0. The van der Waals surface area contributed by atoms with Crippen molar-refractivity contribution in [1.82, 2.24) is 0 Å². The maximum absolute atomic E-state index is 3.78. The van der Waals surface area contributed by atoms with Crippen LogP contribution in [0.4, 0.5) is 11.4 Å². The Hall–Kier alpha value is -7.78. The van der Waals surface area contributed by atoms with Gasteiger partial charge in [-0.25, -0.2) is 0 Å². The van der Waals surface area contributed by atoms with Gasteiger partial charge in [-0.05, 0) is 103 Å². The maximum atomic E-state index is 3.78. The number of benzene rings is 10. The zero-order chi connectivity index (χ0) is 42.5. The summed E-state index contributed by atoms with van der Waals surface area (Å²) in [5.41, 5.74) is 16.6. The van der Waals surface area contributed by atoms with Crippen LogP contribution in [0.1, 0.15) is 44.5 Å². The third kappa shape index (κ3) is 5.84. The van der Waals surface area contributed by atoms with E-state index in [4.69, 9.17) is 0 Å². The van der Waals surface area contributed by atoms with Gasteiger partial charge in [0, 0.05) is 31.5 Å². The topological polar surface area (TPSA) is 12.0 Å². The molecule has 2 aliphatic rings. The first-order valence-corrected chi connectivity index (χ1v) is 22.9. The van der Waals surface area contributed by atoms with Gasteiger partial charge in [0.05, 0.1) is 10.8 Å². The zero-order valence-corrected chi connectivity index (χ0v) is 36.0. The summed E-state index contributed by atoms with van der Waals surface area (Å²) >= 11 is 1.86. The molecule has 0 saturated heterocycles. The van der Waals surface area contributed by atoms with Gasteiger partial charge >= 0.3 is 0 Å². The van der Waals surface area contributed by atoms with Crippen molar-refractivity contribution in [3.8, 4) is 22.3 Å². The normalized spacial score (nSPS) is 13.6. The lowest BCUT2D eigenvalue weighted by atomic mass is 9.51. The van der Waals surface area contributed by atoms with E-state index in [1.165, 1.54) is 86.9 Å². The van der Waals surface area contributed by atoms with Gasteiger partial charge in [0.25, 0.3) is 0 Å². The van der Waals surface area contributed by atoms with E-state index in [-0.39, 0.29) is 0 Å². The van der Waals surface area contributed by atoms with Crippen molar-refractivity contribution >= 4 is 42.9 Å². The Bertz CT molecular complexity index is 3320. The monoisotopic (exact) mass is 833 g/mol. The van der Waals surface area contributed by atoms with Gasteiger partial charge in [-0.2, -0.15) is 0 Å². The minimum absolute atomic E-state index is 0.505. The summed E-state index contributed by atoms with van der Waals surface area (Å²) in [4.78, 5) is 0. The van der Waals surface area contributed by atoms with E-state index in [1.54, 1.807) is 0 Å². The zero-order valence-electron chi connectivity index (χ0n) is 35.2. The fraction of sp³-hybridized carbons (Fsp3) is 0.0323. The van der Waals surface area contributed by atoms with Crippen molar-refractivity contribution < 1.29 is 0 Å². The highest BCUT2D eigenvalue weighted by Gasteiger charge is 2.56. The predicted molar refractivity (Wildman–Crippen MR) is 270 cm³/mol. The second kappa shape index (κ2) is 15.5. The van der Waals surface area contributed by atoms with Crippen molar-refractivity contribution in [3.63, 3.8) is 0 Å². The Labute approximate surface area is 378 Å². The van der Waals surface area contributed by atoms with Crippen LogP contribution in [0.5, 0.6) is 0 Å². The Kier molecular flexibility index (Phi) is 9.21. The van der Waals surface area contributed by atoms with Crippen molar-refractivity contribution in [2.45, 2.75) is 10.8 Å². The van der Waals surface area contributed by atoms with Crippen LogP contribution in [0.3, 0.4) is 0 Å². The number of hydrogen-bond acceptors (Lipinski definition) is 2. The molecule has 1 heterocycles. The second-order valence-electron chi connectivity index (χ2n) is 16.8. The van der Waals surface area contributed by atoms with Gasteiger partial charge in [-0.1, -0.05) is 218 Å². The fourth-order valence-electron chi connectivity index (χ4n) is 10.9. The van der Waals surface area contributed by atoms with Gasteiger partial charge in [-0.15, -0.1) is 11.3 Å². The first kappa shape index (κ1) is 37.9. The van der Waals surface area contributed by atoms with Crippen molar-refractivity contribution in [3.05, 3.63) is 299 Å². The molecule has 302 valence electrons. The highest BCUT2D eigenvalue weighted by atomic mass is 32.1. The quantitative estimate of drug-likeness (QED) is 0.182. The molecule has 10 aromatic carbocycles. The Morgan fingerprint density at radius 3 is 1.25 bits per heavy atom. The lowest BCUT2D eigenvalue weighted by Crippen LogP contribution is -2.44. The van der Waals surface area contributed by atoms with Gasteiger partial charge in [0.2, 0.25) is 0 Å². The molecule has 13 rings (SSSR count). The molecular formula is C62H43NS. The van der Waals surface area contributed by atoms with Crippen LogP contribution in [-0.4, -0.2) is 0 Å². The third-order valence-corrected chi connectivity index (χ3v) is 14.6. The van der Waals surface area contributed by atoms with Crippen LogP contribution in [-0.2, 0) is 10.8 Å². The van der Waals surface area contributed by atoms with E-state index in [0.29, 0.717) is 0 Å². The smallest absolute Gasteiger partial charge is 0.0720 e. The van der Waals surface area contributed by atoms with Gasteiger partial charge in [-0.3, -0.25) is 0 Å². The van der Waals surface area contributed by atoms with E-state index >= 15 is 0 Å². The number of hydrogen-bond donors (Lipinski definition) is 1. The summed E-state index contributed by atoms with van der Waals surface area (Å²) < 4.78 is 2.76. The highest BCUT2D eigenvalue weighted by molar-refractivity contribution is 7.25.